The lowest BCUT2D eigenvalue weighted by molar-refractivity contribution is 0.0766. The van der Waals surface area contributed by atoms with Crippen LogP contribution in [0.4, 0.5) is 0 Å². The molecule has 0 saturated carbocycles. The van der Waals surface area contributed by atoms with E-state index in [2.05, 4.69) is 12.2 Å². The summed E-state index contributed by atoms with van der Waals surface area (Å²) in [4.78, 5) is 14.9. The summed E-state index contributed by atoms with van der Waals surface area (Å²) in [5.41, 5.74) is 0.425. The molecule has 1 amide bonds. The predicted octanol–water partition coefficient (Wildman–Crippen LogP) is 4.11. The molecule has 1 N–H and O–H groups in total. The van der Waals surface area contributed by atoms with Crippen molar-refractivity contribution in [2.45, 2.75) is 49.4 Å². The van der Waals surface area contributed by atoms with Crippen LogP contribution in [0.25, 0.3) is 0 Å². The van der Waals surface area contributed by atoms with E-state index in [1.165, 1.54) is 4.90 Å². The number of thiophene rings is 1. The summed E-state index contributed by atoms with van der Waals surface area (Å²) in [6.07, 6.45) is 3.86. The highest BCUT2D eigenvalue weighted by Crippen LogP contribution is 2.28. The van der Waals surface area contributed by atoms with Crippen molar-refractivity contribution in [2.75, 3.05) is 26.2 Å². The van der Waals surface area contributed by atoms with Gasteiger partial charge in [-0.25, -0.2) is 8.42 Å². The number of benzene rings is 1. The number of nitriles is 1. The van der Waals surface area contributed by atoms with Crippen LogP contribution in [0, 0.1) is 11.3 Å². The normalized spacial score (nSPS) is 15.3. The Morgan fingerprint density at radius 3 is 2.58 bits per heavy atom. The Bertz CT molecular complexity index is 1070. The van der Waals surface area contributed by atoms with E-state index in [4.69, 9.17) is 11.6 Å². The molecular formula is C23H29ClN4O3S2. The van der Waals surface area contributed by atoms with Crippen molar-refractivity contribution < 1.29 is 13.2 Å². The quantitative estimate of drug-likeness (QED) is 0.385. The predicted molar refractivity (Wildman–Crippen MR) is 131 cm³/mol. The molecule has 0 atom stereocenters. The first kappa shape index (κ1) is 25.7. The zero-order valence-corrected chi connectivity index (χ0v) is 21.1. The Kier molecular flexibility index (Phi) is 9.29. The Morgan fingerprint density at radius 1 is 1.24 bits per heavy atom. The molecule has 1 aromatic heterocycles. The molecule has 1 aromatic carbocycles. The Hall–Kier alpha value is -1.96. The van der Waals surface area contributed by atoms with Crippen LogP contribution in [0.5, 0.6) is 0 Å². The summed E-state index contributed by atoms with van der Waals surface area (Å²) in [7, 11) is -3.57. The Labute approximate surface area is 205 Å². The maximum atomic E-state index is 13.1. The molecular weight excluding hydrogens is 480 g/mol. The Balaban J connectivity index is 1.64. The van der Waals surface area contributed by atoms with Crippen LogP contribution >= 0.6 is 22.9 Å². The van der Waals surface area contributed by atoms with Gasteiger partial charge in [-0.1, -0.05) is 24.9 Å². The second kappa shape index (κ2) is 12.0. The molecule has 1 aliphatic rings. The third kappa shape index (κ3) is 6.78. The van der Waals surface area contributed by atoms with Gasteiger partial charge in [-0.2, -0.15) is 9.57 Å². The number of nitrogens with one attached hydrogen (secondary N) is 1. The van der Waals surface area contributed by atoms with Crippen molar-refractivity contribution in [1.82, 2.24) is 14.5 Å². The van der Waals surface area contributed by atoms with Crippen LogP contribution in [0.2, 0.25) is 5.02 Å². The van der Waals surface area contributed by atoms with E-state index >= 15 is 0 Å². The number of hydrogen-bond acceptors (Lipinski definition) is 6. The summed E-state index contributed by atoms with van der Waals surface area (Å²) in [6, 6.07) is 12.2. The van der Waals surface area contributed by atoms with Crippen LogP contribution in [0.1, 0.15) is 47.8 Å². The summed E-state index contributed by atoms with van der Waals surface area (Å²) in [6.45, 7) is 4.18. The standard InChI is InChI=1S/C23H29ClN4O3S2/c1-2-3-13-26-20-10-14-28(15-11-20)33(30,31)22-9-8-21(32-22)17-27(16-12-25)23(29)18-4-6-19(24)7-5-18/h4-9,20,26H,2-3,10-11,13-17H2,1H3. The van der Waals surface area contributed by atoms with Crippen LogP contribution in [-0.2, 0) is 16.6 Å². The van der Waals surface area contributed by atoms with E-state index in [0.29, 0.717) is 34.6 Å². The molecule has 2 aromatic rings. The first-order chi connectivity index (χ1) is 15.8. The van der Waals surface area contributed by atoms with Crippen LogP contribution < -0.4 is 5.32 Å². The highest BCUT2D eigenvalue weighted by Gasteiger charge is 2.30. The number of carbonyl (C=O) groups is 1. The molecule has 1 saturated heterocycles. The number of halogens is 1. The third-order valence-corrected chi connectivity index (χ3v) is 9.32. The SMILES string of the molecule is CCCCNC1CCN(S(=O)(=O)c2ccc(CN(CC#N)C(=O)c3ccc(Cl)cc3)s2)CC1. The number of rotatable bonds is 10. The molecule has 0 unspecified atom stereocenters. The van der Waals surface area contributed by atoms with E-state index in [1.807, 2.05) is 6.07 Å². The van der Waals surface area contributed by atoms with Gasteiger partial charge >= 0.3 is 0 Å². The molecule has 2 heterocycles. The van der Waals surface area contributed by atoms with Gasteiger partial charge in [-0.3, -0.25) is 4.79 Å². The molecule has 33 heavy (non-hydrogen) atoms. The van der Waals surface area contributed by atoms with Gasteiger partial charge in [-0.05, 0) is 62.2 Å². The zero-order valence-electron chi connectivity index (χ0n) is 18.7. The molecule has 10 heteroatoms. The average Bonchev–Trinajstić information content (AvgIpc) is 3.29. The smallest absolute Gasteiger partial charge is 0.255 e. The lowest BCUT2D eigenvalue weighted by atomic mass is 10.1. The zero-order chi connectivity index (χ0) is 23.8. The average molecular weight is 509 g/mol. The van der Waals surface area contributed by atoms with Gasteiger partial charge in [0.15, 0.2) is 0 Å². The molecule has 0 aliphatic carbocycles. The fraction of sp³-hybridized carbons (Fsp3) is 0.478. The van der Waals surface area contributed by atoms with E-state index in [0.717, 1.165) is 43.6 Å². The summed E-state index contributed by atoms with van der Waals surface area (Å²) in [5.74, 6) is -0.302. The van der Waals surface area contributed by atoms with E-state index in [-0.39, 0.29) is 23.2 Å². The molecule has 0 radical (unpaired) electrons. The highest BCUT2D eigenvalue weighted by atomic mass is 35.5. The molecule has 178 valence electrons. The summed E-state index contributed by atoms with van der Waals surface area (Å²) in [5, 5.41) is 13.2. The first-order valence-electron chi connectivity index (χ1n) is 11.1. The summed E-state index contributed by atoms with van der Waals surface area (Å²) < 4.78 is 28.1. The summed E-state index contributed by atoms with van der Waals surface area (Å²) >= 11 is 7.04. The fourth-order valence-electron chi connectivity index (χ4n) is 3.74. The van der Waals surface area contributed by atoms with Crippen LogP contribution in [-0.4, -0.2) is 55.8 Å². The molecule has 1 fully saturated rings. The minimum absolute atomic E-state index is 0.0972. The van der Waals surface area contributed by atoms with Gasteiger partial charge < -0.3 is 10.2 Å². The van der Waals surface area contributed by atoms with E-state index < -0.39 is 10.0 Å². The number of unbranched alkanes of at least 4 members (excludes halogenated alkanes) is 1. The molecule has 0 spiro atoms. The number of piperidine rings is 1. The maximum absolute atomic E-state index is 13.1. The van der Waals surface area contributed by atoms with Gasteiger partial charge in [-0.15, -0.1) is 11.3 Å². The maximum Gasteiger partial charge on any atom is 0.255 e. The molecule has 3 rings (SSSR count). The van der Waals surface area contributed by atoms with Gasteiger partial charge in [0.2, 0.25) is 0 Å². The van der Waals surface area contributed by atoms with Crippen molar-refractivity contribution in [3.05, 3.63) is 51.9 Å². The Morgan fingerprint density at radius 2 is 1.94 bits per heavy atom. The second-order valence-electron chi connectivity index (χ2n) is 8.03. The van der Waals surface area contributed by atoms with Gasteiger partial charge in [0.25, 0.3) is 15.9 Å². The number of carbonyl (C=O) groups excluding carboxylic acids is 1. The van der Waals surface area contributed by atoms with Gasteiger partial charge in [0.05, 0.1) is 12.6 Å². The molecule has 0 bridgehead atoms. The number of hydrogen-bond donors (Lipinski definition) is 1. The van der Waals surface area contributed by atoms with Gasteiger partial charge in [0, 0.05) is 34.6 Å². The molecule has 7 nitrogen and oxygen atoms in total. The lowest BCUT2D eigenvalue weighted by Crippen LogP contribution is -2.44. The van der Waals surface area contributed by atoms with Crippen LogP contribution in [0.3, 0.4) is 0 Å². The monoisotopic (exact) mass is 508 g/mol. The van der Waals surface area contributed by atoms with Crippen molar-refractivity contribution in [3.63, 3.8) is 0 Å². The first-order valence-corrected chi connectivity index (χ1v) is 13.7. The number of nitrogens with zero attached hydrogens (tertiary/aromatic N) is 3. The third-order valence-electron chi connectivity index (χ3n) is 5.64. The minimum atomic E-state index is -3.57. The fourth-order valence-corrected chi connectivity index (χ4v) is 6.86. The van der Waals surface area contributed by atoms with E-state index in [9.17, 15) is 18.5 Å². The van der Waals surface area contributed by atoms with Crippen molar-refractivity contribution in [1.29, 1.82) is 5.26 Å². The van der Waals surface area contributed by atoms with Gasteiger partial charge in [0.1, 0.15) is 10.8 Å². The topological polar surface area (TPSA) is 93.5 Å². The second-order valence-corrected chi connectivity index (χ2v) is 11.8. The van der Waals surface area contributed by atoms with Crippen molar-refractivity contribution in [2.24, 2.45) is 0 Å². The highest BCUT2D eigenvalue weighted by molar-refractivity contribution is 7.91. The van der Waals surface area contributed by atoms with E-state index in [1.54, 1.807) is 40.7 Å². The van der Waals surface area contributed by atoms with Crippen LogP contribution in [0.15, 0.2) is 40.6 Å². The largest absolute Gasteiger partial charge is 0.320 e. The van der Waals surface area contributed by atoms with Crippen molar-refractivity contribution >= 4 is 38.9 Å². The molecule has 1 aliphatic heterocycles. The number of amides is 1. The minimum Gasteiger partial charge on any atom is -0.320 e. The lowest BCUT2D eigenvalue weighted by Gasteiger charge is -2.31. The van der Waals surface area contributed by atoms with Crippen molar-refractivity contribution in [3.8, 4) is 6.07 Å². The number of sulfonamides is 1.